The second-order valence-corrected chi connectivity index (χ2v) is 1.79. The van der Waals surface area contributed by atoms with Gasteiger partial charge < -0.3 is 10.9 Å². The first-order valence-electron chi connectivity index (χ1n) is 2.04. The van der Waals surface area contributed by atoms with Gasteiger partial charge in [0.15, 0.2) is 0 Å². The Bertz CT molecular complexity index is 148. The van der Waals surface area contributed by atoms with Crippen molar-refractivity contribution < 1.29 is 9.90 Å². The van der Waals surface area contributed by atoms with Crippen molar-refractivity contribution >= 4 is 35.7 Å². The largest absolute Gasteiger partial charge is 0.478 e. The molecule has 0 unspecified atom stereocenters. The fraction of sp³-hybridized carbons (Fsp3) is 0. The van der Waals surface area contributed by atoms with Gasteiger partial charge in [-0.1, -0.05) is 11.8 Å². The van der Waals surface area contributed by atoms with Crippen LogP contribution in [-0.4, -0.2) is 16.6 Å². The first-order chi connectivity index (χ1) is 4.27. The minimum absolute atomic E-state index is 0. The Morgan fingerprint density at radius 3 is 2.70 bits per heavy atom. The highest BCUT2D eigenvalue weighted by atomic mass is 35.5. The van der Waals surface area contributed by atoms with E-state index < -0.39 is 5.97 Å². The van der Waals surface area contributed by atoms with Crippen LogP contribution in [0, 0.1) is 0 Å². The predicted octanol–water partition coefficient (Wildman–Crippen LogP) is 0.642. The summed E-state index contributed by atoms with van der Waals surface area (Å²) < 4.78 is 0. The number of carboxylic acids is 1. The molecule has 0 aromatic rings. The van der Waals surface area contributed by atoms with Crippen LogP contribution < -0.4 is 5.84 Å². The average Bonchev–Trinajstić information content (AvgIpc) is 1.80. The van der Waals surface area contributed by atoms with E-state index in [4.69, 9.17) is 10.9 Å². The first kappa shape index (κ1) is 12.0. The van der Waals surface area contributed by atoms with Gasteiger partial charge in [-0.3, -0.25) is 0 Å². The summed E-state index contributed by atoms with van der Waals surface area (Å²) in [6.45, 7) is 0. The molecule has 0 rings (SSSR count). The molecule has 0 spiro atoms. The summed E-state index contributed by atoms with van der Waals surface area (Å²) in [6.07, 6.45) is 1.01. The molecule has 0 heterocycles. The van der Waals surface area contributed by atoms with Crippen molar-refractivity contribution in [1.82, 2.24) is 0 Å². The van der Waals surface area contributed by atoms with Gasteiger partial charge in [-0.2, -0.15) is 5.10 Å². The first-order valence-corrected chi connectivity index (χ1v) is 2.98. The van der Waals surface area contributed by atoms with Crippen LogP contribution >= 0.6 is 24.2 Å². The molecule has 0 aliphatic carbocycles. The summed E-state index contributed by atoms with van der Waals surface area (Å²) >= 11 is 1.10. The van der Waals surface area contributed by atoms with Gasteiger partial charge in [0.2, 0.25) is 0 Å². The molecule has 0 bridgehead atoms. The zero-order valence-corrected chi connectivity index (χ0v) is 6.56. The Kier molecular flexibility index (Phi) is 10.0. The predicted molar refractivity (Wildman–Crippen MR) is 44.3 cm³/mol. The number of nitrogens with two attached hydrogens (primary N) is 1. The van der Waals surface area contributed by atoms with Crippen LogP contribution in [0.15, 0.2) is 16.6 Å². The van der Waals surface area contributed by atoms with Crippen LogP contribution in [0.5, 0.6) is 0 Å². The Hall–Kier alpha value is -0.680. The van der Waals surface area contributed by atoms with Crippen LogP contribution in [-0.2, 0) is 4.79 Å². The topological polar surface area (TPSA) is 75.7 Å². The molecule has 0 fully saturated rings. The van der Waals surface area contributed by atoms with Gasteiger partial charge in [-0.15, -0.1) is 12.4 Å². The van der Waals surface area contributed by atoms with Crippen molar-refractivity contribution in [2.45, 2.75) is 0 Å². The smallest absolute Gasteiger partial charge is 0.328 e. The van der Waals surface area contributed by atoms with Crippen LogP contribution in [0.1, 0.15) is 0 Å². The monoisotopic (exact) mass is 182 g/mol. The summed E-state index contributed by atoms with van der Waals surface area (Å²) in [5, 5.41) is 12.5. The maximum atomic E-state index is 9.79. The molecular formula is C4H7ClN2O2S. The lowest BCUT2D eigenvalue weighted by atomic mass is 10.7. The number of thioether (sulfide) groups is 1. The van der Waals surface area contributed by atoms with Gasteiger partial charge in [0.1, 0.15) is 0 Å². The highest BCUT2D eigenvalue weighted by molar-refractivity contribution is 8.14. The highest BCUT2D eigenvalue weighted by Gasteiger charge is 1.81. The van der Waals surface area contributed by atoms with Crippen molar-refractivity contribution in [1.29, 1.82) is 0 Å². The molecule has 4 nitrogen and oxygen atoms in total. The Morgan fingerprint density at radius 2 is 2.30 bits per heavy atom. The van der Waals surface area contributed by atoms with Crippen molar-refractivity contribution in [2.75, 3.05) is 0 Å². The van der Waals surface area contributed by atoms with E-state index in [1.165, 1.54) is 11.0 Å². The summed E-state index contributed by atoms with van der Waals surface area (Å²) in [4.78, 5) is 9.79. The quantitative estimate of drug-likeness (QED) is 0.221. The van der Waals surface area contributed by atoms with Gasteiger partial charge in [0, 0.05) is 6.08 Å². The third-order valence-corrected chi connectivity index (χ3v) is 0.948. The van der Waals surface area contributed by atoms with Crippen LogP contribution in [0.4, 0.5) is 0 Å². The second-order valence-electron chi connectivity index (χ2n) is 1.03. The van der Waals surface area contributed by atoms with Gasteiger partial charge in [0.05, 0.1) is 5.55 Å². The second kappa shape index (κ2) is 8.32. The molecule has 0 aromatic carbocycles. The van der Waals surface area contributed by atoms with Gasteiger partial charge in [0.25, 0.3) is 0 Å². The number of hydrogen-bond donors (Lipinski definition) is 2. The number of hydrogen-bond acceptors (Lipinski definition) is 4. The third kappa shape index (κ3) is 10.3. The summed E-state index contributed by atoms with van der Waals surface area (Å²) in [5.74, 6) is 3.73. The van der Waals surface area contributed by atoms with Gasteiger partial charge in [-0.05, 0) is 5.41 Å². The molecule has 10 heavy (non-hydrogen) atoms. The van der Waals surface area contributed by atoms with Gasteiger partial charge >= 0.3 is 5.97 Å². The maximum Gasteiger partial charge on any atom is 0.328 e. The zero-order valence-electron chi connectivity index (χ0n) is 4.93. The molecule has 0 aliphatic rings. The molecule has 0 amide bonds. The van der Waals surface area contributed by atoms with Gasteiger partial charge in [-0.25, -0.2) is 4.79 Å². The van der Waals surface area contributed by atoms with Crippen LogP contribution in [0.3, 0.4) is 0 Å². The fourth-order valence-electron chi connectivity index (χ4n) is 0.168. The van der Waals surface area contributed by atoms with E-state index in [1.54, 1.807) is 0 Å². The van der Waals surface area contributed by atoms with E-state index in [2.05, 4.69) is 5.10 Å². The Balaban J connectivity index is 0. The van der Waals surface area contributed by atoms with E-state index >= 15 is 0 Å². The number of hydrazone groups is 1. The number of carboxylic acid groups (broad SMARTS) is 1. The molecule has 0 saturated heterocycles. The molecule has 0 aliphatic heterocycles. The number of aliphatic carboxylic acids is 1. The maximum absolute atomic E-state index is 9.79. The lowest BCUT2D eigenvalue weighted by Gasteiger charge is -1.76. The van der Waals surface area contributed by atoms with Crippen molar-refractivity contribution in [3.05, 3.63) is 11.5 Å². The lowest BCUT2D eigenvalue weighted by molar-refractivity contribution is -0.131. The molecule has 0 radical (unpaired) electrons. The van der Waals surface area contributed by atoms with E-state index in [-0.39, 0.29) is 12.4 Å². The standard InChI is InChI=1S/C4H6N2O2S.ClH/c5-6-3-9-2-1-4(7)8;/h1-3H,5H2,(H,7,8);1H. The Labute approximate surface area is 68.6 Å². The molecular weight excluding hydrogens is 176 g/mol. The summed E-state index contributed by atoms with van der Waals surface area (Å²) in [5.41, 5.74) is 1.33. The van der Waals surface area contributed by atoms with Crippen LogP contribution in [0.2, 0.25) is 0 Å². The van der Waals surface area contributed by atoms with E-state index in [0.717, 1.165) is 17.8 Å². The van der Waals surface area contributed by atoms with E-state index in [9.17, 15) is 4.79 Å². The molecule has 0 aromatic heterocycles. The van der Waals surface area contributed by atoms with Crippen molar-refractivity contribution in [3.8, 4) is 0 Å². The summed E-state index contributed by atoms with van der Waals surface area (Å²) in [7, 11) is 0. The summed E-state index contributed by atoms with van der Waals surface area (Å²) in [6, 6.07) is 0. The average molecular weight is 183 g/mol. The third-order valence-electron chi connectivity index (χ3n) is 0.411. The minimum Gasteiger partial charge on any atom is -0.478 e. The van der Waals surface area contributed by atoms with Crippen molar-refractivity contribution in [3.63, 3.8) is 0 Å². The number of rotatable bonds is 3. The molecule has 6 heteroatoms. The van der Waals surface area contributed by atoms with Crippen molar-refractivity contribution in [2.24, 2.45) is 10.9 Å². The van der Waals surface area contributed by atoms with E-state index in [0.29, 0.717) is 0 Å². The fourth-order valence-corrected chi connectivity index (χ4v) is 0.503. The highest BCUT2D eigenvalue weighted by Crippen LogP contribution is 1.94. The normalized spacial score (nSPS) is 10.0. The molecule has 58 valence electrons. The number of halogens is 1. The minimum atomic E-state index is -0.979. The van der Waals surface area contributed by atoms with Crippen LogP contribution in [0.25, 0.3) is 0 Å². The number of nitrogens with zero attached hydrogens (tertiary/aromatic N) is 1. The number of carbonyl (C=O) groups is 1. The molecule has 0 saturated carbocycles. The van der Waals surface area contributed by atoms with E-state index in [1.807, 2.05) is 0 Å². The zero-order chi connectivity index (χ0) is 7.11. The SMILES string of the molecule is Cl.NN=CSC=CC(=O)O. The Morgan fingerprint density at radius 1 is 1.70 bits per heavy atom. The molecule has 0 atom stereocenters. The lowest BCUT2D eigenvalue weighted by Crippen LogP contribution is -1.84. The molecule has 3 N–H and O–H groups in total.